The maximum atomic E-state index is 11.8. The molecular weight excluding hydrogens is 235 g/mol. The van der Waals surface area contributed by atoms with Gasteiger partial charge >= 0.3 is 29.6 Å². The number of hydrogen-bond acceptors (Lipinski definition) is 3. The number of aliphatic imine (C=N–C) groups is 1. The van der Waals surface area contributed by atoms with E-state index in [9.17, 15) is 9.59 Å². The van der Waals surface area contributed by atoms with Crippen molar-refractivity contribution in [3.8, 4) is 0 Å². The zero-order valence-corrected chi connectivity index (χ0v) is 12.6. The Kier molecular flexibility index (Phi) is 5.82. The molecule has 1 heterocycles. The topological polar surface area (TPSA) is 58.5 Å². The van der Waals surface area contributed by atoms with Crippen LogP contribution in [0.5, 0.6) is 0 Å². The minimum atomic E-state index is -1.13. The molecular formula is C10H13N2NaO2S. The molecule has 1 N–H and O–H groups in total. The van der Waals surface area contributed by atoms with Crippen LogP contribution < -0.4 is 34.9 Å². The van der Waals surface area contributed by atoms with Crippen LogP contribution in [0.3, 0.4) is 0 Å². The van der Waals surface area contributed by atoms with E-state index in [2.05, 4.69) is 29.5 Å². The number of allylic oxidation sites excluding steroid dienone is 1. The second-order valence-electron chi connectivity index (χ2n) is 3.80. The number of rotatable bonds is 3. The van der Waals surface area contributed by atoms with E-state index in [4.69, 9.17) is 0 Å². The van der Waals surface area contributed by atoms with Gasteiger partial charge < -0.3 is 17.9 Å². The van der Waals surface area contributed by atoms with Crippen LogP contribution in [0.2, 0.25) is 0 Å². The molecule has 2 amide bonds. The molecule has 0 fully saturated rings. The SMILES string of the molecule is C=CCC1(C(C)C)C(=O)N=C([S-])NC1=O.[Na+]. The molecule has 0 radical (unpaired) electrons. The number of nitrogens with one attached hydrogen (secondary N) is 1. The van der Waals surface area contributed by atoms with Gasteiger partial charge in [-0.15, -0.1) is 6.58 Å². The molecule has 1 rings (SSSR count). The summed E-state index contributed by atoms with van der Waals surface area (Å²) < 4.78 is 0. The summed E-state index contributed by atoms with van der Waals surface area (Å²) in [7, 11) is 0. The van der Waals surface area contributed by atoms with Crippen LogP contribution >= 0.6 is 0 Å². The van der Waals surface area contributed by atoms with Gasteiger partial charge in [0.15, 0.2) is 0 Å². The van der Waals surface area contributed by atoms with E-state index in [0.717, 1.165) is 0 Å². The molecule has 0 aromatic heterocycles. The van der Waals surface area contributed by atoms with Crippen molar-refractivity contribution in [2.45, 2.75) is 20.3 Å². The molecule has 0 aromatic rings. The first-order valence-electron chi connectivity index (χ1n) is 4.67. The zero-order valence-electron chi connectivity index (χ0n) is 9.74. The smallest absolute Gasteiger partial charge is 0.742 e. The van der Waals surface area contributed by atoms with E-state index in [0.29, 0.717) is 0 Å². The summed E-state index contributed by atoms with van der Waals surface area (Å²) in [6.07, 6.45) is 1.84. The van der Waals surface area contributed by atoms with Gasteiger partial charge in [0.1, 0.15) is 5.41 Å². The first kappa shape index (κ1) is 15.8. The Morgan fingerprint density at radius 2 is 2.12 bits per heavy atom. The van der Waals surface area contributed by atoms with Crippen LogP contribution in [0.1, 0.15) is 20.3 Å². The van der Waals surface area contributed by atoms with E-state index in [1.54, 1.807) is 6.08 Å². The van der Waals surface area contributed by atoms with E-state index >= 15 is 0 Å². The first-order chi connectivity index (χ1) is 6.95. The standard InChI is InChI=1S/C10H14N2O2S.Na/c1-4-5-10(6(2)3)7(13)11-9(15)12-8(10)14;/h4,6H,1,5H2,2-3H3,(H2,11,12,13,14,15);/q;+1/p-1. The van der Waals surface area contributed by atoms with Crippen molar-refractivity contribution in [3.63, 3.8) is 0 Å². The van der Waals surface area contributed by atoms with E-state index in [-0.39, 0.29) is 53.0 Å². The molecule has 1 unspecified atom stereocenters. The van der Waals surface area contributed by atoms with Crippen molar-refractivity contribution in [1.29, 1.82) is 0 Å². The number of hydrogen-bond donors (Lipinski definition) is 1. The quantitative estimate of drug-likeness (QED) is 0.266. The monoisotopic (exact) mass is 248 g/mol. The first-order valence-corrected chi connectivity index (χ1v) is 5.08. The van der Waals surface area contributed by atoms with Crippen molar-refractivity contribution in [3.05, 3.63) is 12.7 Å². The largest absolute Gasteiger partial charge is 1.00 e. The molecule has 0 aliphatic carbocycles. The Balaban J connectivity index is 0.00000225. The number of nitrogens with zero attached hydrogens (tertiary/aromatic N) is 1. The fourth-order valence-electron chi connectivity index (χ4n) is 1.68. The summed E-state index contributed by atoms with van der Waals surface area (Å²) in [4.78, 5) is 27.3. The molecule has 1 aliphatic rings. The van der Waals surface area contributed by atoms with Gasteiger partial charge in [0.2, 0.25) is 5.91 Å². The molecule has 1 atom stereocenters. The maximum Gasteiger partial charge on any atom is 1.00 e. The molecule has 6 heteroatoms. The summed E-state index contributed by atoms with van der Waals surface area (Å²) in [5, 5.41) is 2.37. The molecule has 16 heavy (non-hydrogen) atoms. The fourth-order valence-corrected chi connectivity index (χ4v) is 1.85. The van der Waals surface area contributed by atoms with Crippen LogP contribution in [-0.2, 0) is 22.2 Å². The molecule has 82 valence electrons. The molecule has 0 saturated heterocycles. The Bertz CT molecular complexity index is 355. The van der Waals surface area contributed by atoms with Crippen LogP contribution in [0.4, 0.5) is 0 Å². The number of amides is 2. The number of amidine groups is 1. The predicted molar refractivity (Wildman–Crippen MR) is 60.0 cm³/mol. The second-order valence-corrected chi connectivity index (χ2v) is 4.18. The maximum absolute atomic E-state index is 11.8. The van der Waals surface area contributed by atoms with E-state index in [1.165, 1.54) is 0 Å². The summed E-state index contributed by atoms with van der Waals surface area (Å²) in [6, 6.07) is 0. The average Bonchev–Trinajstić information content (AvgIpc) is 2.10. The third-order valence-electron chi connectivity index (χ3n) is 2.66. The average molecular weight is 248 g/mol. The molecule has 4 nitrogen and oxygen atoms in total. The molecule has 0 saturated carbocycles. The molecule has 0 aromatic carbocycles. The van der Waals surface area contributed by atoms with Crippen LogP contribution in [0.15, 0.2) is 17.6 Å². The Hall–Kier alpha value is -0.230. The van der Waals surface area contributed by atoms with Crippen molar-refractivity contribution >= 4 is 29.6 Å². The minimum absolute atomic E-state index is 0. The van der Waals surface area contributed by atoms with Gasteiger partial charge in [-0.3, -0.25) is 9.59 Å². The summed E-state index contributed by atoms with van der Waals surface area (Å²) in [5.41, 5.74) is -1.13. The third kappa shape index (κ3) is 2.53. The van der Waals surface area contributed by atoms with Gasteiger partial charge in [0.25, 0.3) is 5.91 Å². The van der Waals surface area contributed by atoms with Gasteiger partial charge in [-0.05, 0) is 17.5 Å². The van der Waals surface area contributed by atoms with Gasteiger partial charge in [0, 0.05) is 0 Å². The third-order valence-corrected chi connectivity index (χ3v) is 2.86. The van der Waals surface area contributed by atoms with Crippen molar-refractivity contribution < 1.29 is 39.1 Å². The fraction of sp³-hybridized carbons (Fsp3) is 0.500. The summed E-state index contributed by atoms with van der Waals surface area (Å²) in [5.74, 6) is -0.983. The van der Waals surface area contributed by atoms with Crippen molar-refractivity contribution in [2.24, 2.45) is 16.3 Å². The van der Waals surface area contributed by atoms with Crippen LogP contribution in [0.25, 0.3) is 0 Å². The Labute approximate surface area is 123 Å². The number of carbonyl (C=O) groups excluding carboxylic acids is 2. The molecule has 0 spiro atoms. The second kappa shape index (κ2) is 5.91. The zero-order chi connectivity index (χ0) is 11.6. The van der Waals surface area contributed by atoms with E-state index < -0.39 is 11.3 Å². The predicted octanol–water partition coefficient (Wildman–Crippen LogP) is -2.23. The van der Waals surface area contributed by atoms with Gasteiger partial charge in [-0.1, -0.05) is 19.9 Å². The van der Waals surface area contributed by atoms with Crippen LogP contribution in [-0.4, -0.2) is 17.0 Å². The minimum Gasteiger partial charge on any atom is -0.742 e. The summed E-state index contributed by atoms with van der Waals surface area (Å²) >= 11 is 4.69. The van der Waals surface area contributed by atoms with Crippen molar-refractivity contribution in [1.82, 2.24) is 5.32 Å². The number of carbonyl (C=O) groups is 2. The van der Waals surface area contributed by atoms with Gasteiger partial charge in [-0.25, -0.2) is 4.99 Å². The molecule has 0 bridgehead atoms. The molecule has 1 aliphatic heterocycles. The summed E-state index contributed by atoms with van der Waals surface area (Å²) in [6.45, 7) is 7.18. The van der Waals surface area contributed by atoms with E-state index in [1.807, 2.05) is 13.8 Å². The van der Waals surface area contributed by atoms with Crippen LogP contribution in [0, 0.1) is 11.3 Å². The van der Waals surface area contributed by atoms with Crippen molar-refractivity contribution in [2.75, 3.05) is 0 Å². The Morgan fingerprint density at radius 3 is 2.50 bits per heavy atom. The Morgan fingerprint density at radius 1 is 1.56 bits per heavy atom. The normalized spacial score (nSPS) is 24.6. The van der Waals surface area contributed by atoms with Gasteiger partial charge in [-0.2, -0.15) is 0 Å². The van der Waals surface area contributed by atoms with Gasteiger partial charge in [0.05, 0.1) is 0 Å².